The average Bonchev–Trinajstić information content (AvgIpc) is 2.93. The molecule has 3 rings (SSSR count). The van der Waals surface area contributed by atoms with E-state index in [0.29, 0.717) is 37.6 Å². The zero-order valence-corrected chi connectivity index (χ0v) is 20.6. The molecule has 0 heterocycles. The largest absolute Gasteiger partial charge is 0.494 e. The van der Waals surface area contributed by atoms with Crippen molar-refractivity contribution >= 4 is 12.6 Å². The molecular formula is C30H34O6. The predicted molar refractivity (Wildman–Crippen MR) is 140 cm³/mol. The van der Waals surface area contributed by atoms with E-state index in [0.717, 1.165) is 74.1 Å². The molecule has 3 aromatic carbocycles. The van der Waals surface area contributed by atoms with Crippen LogP contribution >= 0.6 is 0 Å². The Morgan fingerprint density at radius 3 is 0.889 bits per heavy atom. The predicted octanol–water partition coefficient (Wildman–Crippen LogP) is 6.57. The molecule has 3 aromatic rings. The van der Waals surface area contributed by atoms with Crippen molar-refractivity contribution in [1.82, 2.24) is 0 Å². The van der Waals surface area contributed by atoms with Crippen molar-refractivity contribution in [3.8, 4) is 23.0 Å². The van der Waals surface area contributed by atoms with Crippen LogP contribution in [0, 0.1) is 0 Å². The van der Waals surface area contributed by atoms with E-state index in [9.17, 15) is 9.59 Å². The fourth-order valence-corrected chi connectivity index (χ4v) is 3.44. The number of benzene rings is 3. The maximum atomic E-state index is 10.7. The summed E-state index contributed by atoms with van der Waals surface area (Å²) in [5.74, 6) is 3.25. The summed E-state index contributed by atoms with van der Waals surface area (Å²) in [6, 6.07) is 22.0. The van der Waals surface area contributed by atoms with Gasteiger partial charge in [-0.15, -0.1) is 0 Å². The van der Waals surface area contributed by atoms with Gasteiger partial charge in [0.15, 0.2) is 0 Å². The smallest absolute Gasteiger partial charge is 0.150 e. The quantitative estimate of drug-likeness (QED) is 0.148. The lowest BCUT2D eigenvalue weighted by molar-refractivity contribution is 0.111. The fraction of sp³-hybridized carbons (Fsp3) is 0.333. The van der Waals surface area contributed by atoms with Crippen LogP contribution in [0.15, 0.2) is 72.8 Å². The van der Waals surface area contributed by atoms with Crippen molar-refractivity contribution in [2.24, 2.45) is 0 Å². The second-order valence-electron chi connectivity index (χ2n) is 8.36. The highest BCUT2D eigenvalue weighted by molar-refractivity contribution is 5.75. The summed E-state index contributed by atoms with van der Waals surface area (Å²) in [5, 5.41) is 0. The molecule has 0 saturated heterocycles. The van der Waals surface area contributed by atoms with Crippen molar-refractivity contribution in [2.75, 3.05) is 26.4 Å². The van der Waals surface area contributed by atoms with Gasteiger partial charge in [-0.05, 0) is 111 Å². The van der Waals surface area contributed by atoms with E-state index in [4.69, 9.17) is 18.9 Å². The van der Waals surface area contributed by atoms with Crippen molar-refractivity contribution in [3.63, 3.8) is 0 Å². The molecule has 0 aliphatic heterocycles. The highest BCUT2D eigenvalue weighted by Gasteiger charge is 2.00. The molecule has 190 valence electrons. The van der Waals surface area contributed by atoms with Gasteiger partial charge < -0.3 is 18.9 Å². The first-order valence-corrected chi connectivity index (χ1v) is 12.5. The van der Waals surface area contributed by atoms with Crippen LogP contribution in [-0.4, -0.2) is 39.0 Å². The van der Waals surface area contributed by atoms with Crippen LogP contribution in [0.2, 0.25) is 0 Å². The molecular weight excluding hydrogens is 456 g/mol. The van der Waals surface area contributed by atoms with Crippen LogP contribution < -0.4 is 18.9 Å². The number of rotatable bonds is 18. The lowest BCUT2D eigenvalue weighted by Crippen LogP contribution is -2.02. The van der Waals surface area contributed by atoms with Gasteiger partial charge in [0.1, 0.15) is 35.6 Å². The maximum Gasteiger partial charge on any atom is 0.150 e. The summed E-state index contributed by atoms with van der Waals surface area (Å²) >= 11 is 0. The third-order valence-corrected chi connectivity index (χ3v) is 5.51. The first-order chi connectivity index (χ1) is 17.8. The van der Waals surface area contributed by atoms with Gasteiger partial charge >= 0.3 is 0 Å². The average molecular weight is 491 g/mol. The number of hydrogen-bond acceptors (Lipinski definition) is 6. The van der Waals surface area contributed by atoms with Gasteiger partial charge in [0.05, 0.1) is 26.4 Å². The van der Waals surface area contributed by atoms with Crippen LogP contribution in [0.3, 0.4) is 0 Å². The Labute approximate surface area is 213 Å². The third kappa shape index (κ3) is 10.2. The molecule has 0 amide bonds. The molecule has 6 nitrogen and oxygen atoms in total. The summed E-state index contributed by atoms with van der Waals surface area (Å²) in [5.41, 5.74) is 1.30. The van der Waals surface area contributed by atoms with Crippen LogP contribution in [0.25, 0.3) is 0 Å². The molecule has 0 bridgehead atoms. The van der Waals surface area contributed by atoms with Crippen LogP contribution in [0.5, 0.6) is 23.0 Å². The van der Waals surface area contributed by atoms with Gasteiger partial charge in [-0.1, -0.05) is 0 Å². The molecule has 0 atom stereocenters. The minimum absolute atomic E-state index is 0.649. The second kappa shape index (κ2) is 16.0. The topological polar surface area (TPSA) is 71.1 Å². The van der Waals surface area contributed by atoms with Crippen LogP contribution in [0.4, 0.5) is 0 Å². The molecule has 6 heteroatoms. The Kier molecular flexibility index (Phi) is 11.9. The van der Waals surface area contributed by atoms with Gasteiger partial charge in [-0.2, -0.15) is 0 Å². The highest BCUT2D eigenvalue weighted by atomic mass is 16.5. The van der Waals surface area contributed by atoms with E-state index in [-0.39, 0.29) is 0 Å². The van der Waals surface area contributed by atoms with Crippen molar-refractivity contribution in [1.29, 1.82) is 0 Å². The SMILES string of the molecule is O=Cc1ccc(OCCCCCOc2ccc(OCCCCCOc3ccc(C=O)cc3)cc2)cc1. The molecule has 0 spiro atoms. The van der Waals surface area contributed by atoms with Gasteiger partial charge in [0.2, 0.25) is 0 Å². The Bertz CT molecular complexity index is 928. The molecule has 36 heavy (non-hydrogen) atoms. The number of ether oxygens (including phenoxy) is 4. The molecule has 0 fully saturated rings. The van der Waals surface area contributed by atoms with Gasteiger partial charge in [-0.25, -0.2) is 0 Å². The van der Waals surface area contributed by atoms with E-state index in [1.54, 1.807) is 24.3 Å². The number of aldehydes is 2. The van der Waals surface area contributed by atoms with Crippen molar-refractivity contribution in [3.05, 3.63) is 83.9 Å². The molecule has 0 N–H and O–H groups in total. The summed E-state index contributed by atoms with van der Waals surface area (Å²) in [7, 11) is 0. The zero-order chi connectivity index (χ0) is 25.3. The molecule has 0 unspecified atom stereocenters. The minimum Gasteiger partial charge on any atom is -0.494 e. The van der Waals surface area contributed by atoms with E-state index in [1.807, 2.05) is 48.5 Å². The number of carbonyl (C=O) groups excluding carboxylic acids is 2. The van der Waals surface area contributed by atoms with E-state index >= 15 is 0 Å². The first kappa shape index (κ1) is 26.8. The zero-order valence-electron chi connectivity index (χ0n) is 20.6. The summed E-state index contributed by atoms with van der Waals surface area (Å²) in [6.45, 7) is 2.63. The van der Waals surface area contributed by atoms with Crippen molar-refractivity contribution < 1.29 is 28.5 Å². The van der Waals surface area contributed by atoms with Gasteiger partial charge in [-0.3, -0.25) is 9.59 Å². The Balaban J connectivity index is 1.16. The Morgan fingerprint density at radius 1 is 0.389 bits per heavy atom. The standard InChI is InChI=1S/C30H34O6/c31-23-25-7-11-27(12-8-25)33-19-3-1-5-21-35-29-15-17-30(18-16-29)36-22-6-2-4-20-34-28-13-9-26(24-32)10-14-28/h7-18,23-24H,1-6,19-22H2. The Morgan fingerprint density at radius 2 is 0.639 bits per heavy atom. The maximum absolute atomic E-state index is 10.7. The lowest BCUT2D eigenvalue weighted by Gasteiger charge is -2.10. The molecule has 0 radical (unpaired) electrons. The first-order valence-electron chi connectivity index (χ1n) is 12.5. The minimum atomic E-state index is 0.649. The molecule has 0 aliphatic rings. The van der Waals surface area contributed by atoms with Gasteiger partial charge in [0, 0.05) is 11.1 Å². The van der Waals surface area contributed by atoms with Crippen molar-refractivity contribution in [2.45, 2.75) is 38.5 Å². The van der Waals surface area contributed by atoms with E-state index in [2.05, 4.69) is 0 Å². The Hall–Kier alpha value is -3.80. The van der Waals surface area contributed by atoms with E-state index < -0.39 is 0 Å². The number of carbonyl (C=O) groups is 2. The number of hydrogen-bond donors (Lipinski definition) is 0. The number of unbranched alkanes of at least 4 members (excludes halogenated alkanes) is 4. The summed E-state index contributed by atoms with van der Waals surface area (Å²) < 4.78 is 23.0. The summed E-state index contributed by atoms with van der Waals surface area (Å²) in [4.78, 5) is 21.3. The fourth-order valence-electron chi connectivity index (χ4n) is 3.44. The normalized spacial score (nSPS) is 10.4. The summed E-state index contributed by atoms with van der Waals surface area (Å²) in [6.07, 6.45) is 7.50. The van der Waals surface area contributed by atoms with Crippen LogP contribution in [0.1, 0.15) is 59.2 Å². The van der Waals surface area contributed by atoms with E-state index in [1.165, 1.54) is 0 Å². The monoisotopic (exact) mass is 490 g/mol. The molecule has 0 saturated carbocycles. The highest BCUT2D eigenvalue weighted by Crippen LogP contribution is 2.19. The third-order valence-electron chi connectivity index (χ3n) is 5.51. The van der Waals surface area contributed by atoms with Gasteiger partial charge in [0.25, 0.3) is 0 Å². The lowest BCUT2D eigenvalue weighted by atomic mass is 10.2. The van der Waals surface area contributed by atoms with Crippen LogP contribution in [-0.2, 0) is 0 Å². The molecule has 0 aliphatic carbocycles. The second-order valence-corrected chi connectivity index (χ2v) is 8.36. The molecule has 0 aromatic heterocycles.